The van der Waals surface area contributed by atoms with E-state index >= 15 is 0 Å². The maximum Gasteiger partial charge on any atom is 0.253 e. The van der Waals surface area contributed by atoms with E-state index in [-0.39, 0.29) is 17.0 Å². The van der Waals surface area contributed by atoms with Crippen LogP contribution in [0.2, 0.25) is 5.02 Å². The van der Waals surface area contributed by atoms with Gasteiger partial charge in [-0.15, -0.1) is 0 Å². The predicted molar refractivity (Wildman–Crippen MR) is 97.0 cm³/mol. The number of sulfonamides is 1. The fourth-order valence-electron chi connectivity index (χ4n) is 2.17. The van der Waals surface area contributed by atoms with Gasteiger partial charge >= 0.3 is 0 Å². The molecule has 0 aliphatic carbocycles. The summed E-state index contributed by atoms with van der Waals surface area (Å²) in [6.45, 7) is 1.88. The van der Waals surface area contributed by atoms with Crippen molar-refractivity contribution in [2.45, 2.75) is 13.0 Å². The van der Waals surface area contributed by atoms with E-state index in [1.54, 1.807) is 6.07 Å². The molecule has 0 aliphatic rings. The highest BCUT2D eigenvalue weighted by atomic mass is 35.5. The summed E-state index contributed by atoms with van der Waals surface area (Å²) in [5, 5.41) is 3.07. The van der Waals surface area contributed by atoms with Crippen LogP contribution in [0.5, 0.6) is 0 Å². The summed E-state index contributed by atoms with van der Waals surface area (Å²) in [5.74, 6) is -0.315. The number of nitrogens with one attached hydrogen (secondary N) is 1. The summed E-state index contributed by atoms with van der Waals surface area (Å²) >= 11 is 6.17. The van der Waals surface area contributed by atoms with E-state index in [0.717, 1.165) is 16.1 Å². The largest absolute Gasteiger partial charge is 0.345 e. The summed E-state index contributed by atoms with van der Waals surface area (Å²) in [4.78, 5) is 12.4. The van der Waals surface area contributed by atoms with Crippen molar-refractivity contribution in [1.82, 2.24) is 5.32 Å². The molecule has 1 N–H and O–H groups in total. The van der Waals surface area contributed by atoms with Crippen LogP contribution in [0.1, 0.15) is 28.9 Å². The molecule has 128 valence electrons. The first-order valence-electron chi connectivity index (χ1n) is 7.29. The Morgan fingerprint density at radius 3 is 2.33 bits per heavy atom. The topological polar surface area (TPSA) is 66.5 Å². The molecule has 7 heteroatoms. The molecular formula is C17H19ClN2O3S. The lowest BCUT2D eigenvalue weighted by molar-refractivity contribution is 0.0940. The second kappa shape index (κ2) is 7.23. The van der Waals surface area contributed by atoms with Crippen molar-refractivity contribution >= 4 is 33.2 Å². The monoisotopic (exact) mass is 366 g/mol. The zero-order chi connectivity index (χ0) is 17.9. The predicted octanol–water partition coefficient (Wildman–Crippen LogP) is 3.23. The molecule has 2 aromatic carbocycles. The number of rotatable bonds is 5. The van der Waals surface area contributed by atoms with Crippen molar-refractivity contribution in [3.8, 4) is 0 Å². The third-order valence-corrected chi connectivity index (χ3v) is 5.22. The van der Waals surface area contributed by atoms with Crippen LogP contribution < -0.4 is 9.62 Å². The second-order valence-corrected chi connectivity index (χ2v) is 7.92. The molecule has 24 heavy (non-hydrogen) atoms. The number of nitrogens with zero attached hydrogens (tertiary/aromatic N) is 1. The number of benzene rings is 2. The van der Waals surface area contributed by atoms with E-state index in [2.05, 4.69) is 5.32 Å². The van der Waals surface area contributed by atoms with Crippen LogP contribution in [0.25, 0.3) is 0 Å². The molecule has 0 aromatic heterocycles. The van der Waals surface area contributed by atoms with Crippen LogP contribution in [0, 0.1) is 0 Å². The standard InChI is InChI=1S/C17H19ClN2O3S/c1-12(13-7-5-4-6-8-13)19-17(21)15-10-9-14(11-16(15)18)20(2)24(3,22)23/h4-12H,1-3H3,(H,19,21)/t12-/m1/s1. The molecule has 2 rings (SSSR count). The summed E-state index contributed by atoms with van der Waals surface area (Å²) in [7, 11) is -1.96. The van der Waals surface area contributed by atoms with E-state index in [1.807, 2.05) is 37.3 Å². The molecule has 2 aromatic rings. The number of amides is 1. The van der Waals surface area contributed by atoms with Crippen molar-refractivity contribution in [2.24, 2.45) is 0 Å². The summed E-state index contributed by atoms with van der Waals surface area (Å²) in [6, 6.07) is 13.9. The normalized spacial score (nSPS) is 12.5. The van der Waals surface area contributed by atoms with E-state index in [4.69, 9.17) is 11.6 Å². The first-order valence-corrected chi connectivity index (χ1v) is 9.52. The number of anilines is 1. The molecule has 0 fully saturated rings. The van der Waals surface area contributed by atoms with Crippen molar-refractivity contribution in [3.05, 3.63) is 64.7 Å². The molecule has 0 unspecified atom stereocenters. The SMILES string of the molecule is C[C@@H](NC(=O)c1ccc(N(C)S(C)(=O)=O)cc1Cl)c1ccccc1. The van der Waals surface area contributed by atoms with Crippen LogP contribution in [0.15, 0.2) is 48.5 Å². The van der Waals surface area contributed by atoms with Crippen LogP contribution in [0.3, 0.4) is 0 Å². The first kappa shape index (κ1) is 18.3. The maximum absolute atomic E-state index is 12.4. The van der Waals surface area contributed by atoms with Gasteiger partial charge in [-0.2, -0.15) is 0 Å². The molecule has 0 saturated heterocycles. The summed E-state index contributed by atoms with van der Waals surface area (Å²) in [5.41, 5.74) is 1.68. The highest BCUT2D eigenvalue weighted by Crippen LogP contribution is 2.25. The highest BCUT2D eigenvalue weighted by molar-refractivity contribution is 7.92. The minimum atomic E-state index is -3.39. The molecule has 0 saturated carbocycles. The van der Waals surface area contributed by atoms with Gasteiger partial charge in [0.25, 0.3) is 5.91 Å². The summed E-state index contributed by atoms with van der Waals surface area (Å²) < 4.78 is 24.2. The number of carbonyl (C=O) groups is 1. The third kappa shape index (κ3) is 4.27. The number of carbonyl (C=O) groups excluding carboxylic acids is 1. The minimum Gasteiger partial charge on any atom is -0.345 e. The van der Waals surface area contributed by atoms with E-state index in [9.17, 15) is 13.2 Å². The molecule has 1 atom stereocenters. The number of halogens is 1. The van der Waals surface area contributed by atoms with Gasteiger partial charge in [0.1, 0.15) is 0 Å². The molecule has 0 spiro atoms. The van der Waals surface area contributed by atoms with Gasteiger partial charge in [0.15, 0.2) is 0 Å². The Bertz CT molecular complexity index is 838. The van der Waals surface area contributed by atoms with Gasteiger partial charge < -0.3 is 5.32 Å². The molecule has 0 radical (unpaired) electrons. The van der Waals surface area contributed by atoms with Gasteiger partial charge in [-0.3, -0.25) is 9.10 Å². The molecule has 5 nitrogen and oxygen atoms in total. The quantitative estimate of drug-likeness (QED) is 0.883. The van der Waals surface area contributed by atoms with Crippen LogP contribution in [0.4, 0.5) is 5.69 Å². The lowest BCUT2D eigenvalue weighted by atomic mass is 10.1. The average molecular weight is 367 g/mol. The number of hydrogen-bond acceptors (Lipinski definition) is 3. The van der Waals surface area contributed by atoms with Crippen molar-refractivity contribution in [3.63, 3.8) is 0 Å². The first-order chi connectivity index (χ1) is 11.2. The van der Waals surface area contributed by atoms with E-state index < -0.39 is 10.0 Å². The second-order valence-electron chi connectivity index (χ2n) is 5.50. The third-order valence-electron chi connectivity index (χ3n) is 3.71. The van der Waals surface area contributed by atoms with Gasteiger partial charge in [0, 0.05) is 7.05 Å². The Kier molecular flexibility index (Phi) is 5.51. The lowest BCUT2D eigenvalue weighted by Gasteiger charge is -2.18. The fourth-order valence-corrected chi connectivity index (χ4v) is 2.93. The molecular weight excluding hydrogens is 348 g/mol. The zero-order valence-corrected chi connectivity index (χ0v) is 15.2. The van der Waals surface area contributed by atoms with Gasteiger partial charge in [0.05, 0.1) is 28.6 Å². The molecule has 0 heterocycles. The molecule has 1 amide bonds. The molecule has 0 aliphatic heterocycles. The van der Waals surface area contributed by atoms with Gasteiger partial charge in [0.2, 0.25) is 10.0 Å². The van der Waals surface area contributed by atoms with E-state index in [0.29, 0.717) is 11.3 Å². The van der Waals surface area contributed by atoms with Gasteiger partial charge in [-0.25, -0.2) is 8.42 Å². The van der Waals surface area contributed by atoms with Crippen LogP contribution in [-0.4, -0.2) is 27.6 Å². The highest BCUT2D eigenvalue weighted by Gasteiger charge is 2.17. The van der Waals surface area contributed by atoms with Gasteiger partial charge in [-0.05, 0) is 30.7 Å². The number of hydrogen-bond donors (Lipinski definition) is 1. The van der Waals surface area contributed by atoms with Gasteiger partial charge in [-0.1, -0.05) is 41.9 Å². The Balaban J connectivity index is 2.19. The fraction of sp³-hybridized carbons (Fsp3) is 0.235. The van der Waals surface area contributed by atoms with E-state index in [1.165, 1.54) is 19.2 Å². The Labute approximate surface area is 147 Å². The van der Waals surface area contributed by atoms with Crippen molar-refractivity contribution in [2.75, 3.05) is 17.6 Å². The Hall–Kier alpha value is -2.05. The van der Waals surface area contributed by atoms with Crippen LogP contribution in [-0.2, 0) is 10.0 Å². The Morgan fingerprint density at radius 2 is 1.79 bits per heavy atom. The molecule has 0 bridgehead atoms. The van der Waals surface area contributed by atoms with Crippen molar-refractivity contribution in [1.29, 1.82) is 0 Å². The smallest absolute Gasteiger partial charge is 0.253 e. The van der Waals surface area contributed by atoms with Crippen molar-refractivity contribution < 1.29 is 13.2 Å². The zero-order valence-electron chi connectivity index (χ0n) is 13.7. The average Bonchev–Trinajstić information content (AvgIpc) is 2.53. The summed E-state index contributed by atoms with van der Waals surface area (Å²) in [6.07, 6.45) is 1.10. The Morgan fingerprint density at radius 1 is 1.17 bits per heavy atom. The maximum atomic E-state index is 12.4. The lowest BCUT2D eigenvalue weighted by Crippen LogP contribution is -2.27. The van der Waals surface area contributed by atoms with Crippen LogP contribution >= 0.6 is 11.6 Å². The minimum absolute atomic E-state index is 0.173.